The Balaban J connectivity index is 0.00000320. The molecule has 1 heterocycles. The molecule has 7 heteroatoms. The Morgan fingerprint density at radius 2 is 1.73 bits per heavy atom. The number of nitrogens with one attached hydrogen (secondary N) is 3. The summed E-state index contributed by atoms with van der Waals surface area (Å²) in [5.74, 6) is 0.653. The lowest BCUT2D eigenvalue weighted by atomic mass is 10.1. The number of amides is 1. The molecule has 1 atom stereocenters. The number of carbonyl (C=O) groups is 1. The SMILES string of the molecule is CN=C(NCCNC(=O)c1ccccc1)NC(C)c1cccc(N2CCCC2)c1.I. The fourth-order valence-corrected chi connectivity index (χ4v) is 3.50. The van der Waals surface area contributed by atoms with E-state index in [0.717, 1.165) is 19.0 Å². The maximum absolute atomic E-state index is 12.1. The first-order valence-electron chi connectivity index (χ1n) is 10.3. The van der Waals surface area contributed by atoms with E-state index >= 15 is 0 Å². The zero-order valence-corrected chi connectivity index (χ0v) is 20.1. The van der Waals surface area contributed by atoms with E-state index in [-0.39, 0.29) is 35.9 Å². The van der Waals surface area contributed by atoms with Gasteiger partial charge >= 0.3 is 0 Å². The molecule has 30 heavy (non-hydrogen) atoms. The van der Waals surface area contributed by atoms with Gasteiger partial charge in [-0.3, -0.25) is 9.79 Å². The highest BCUT2D eigenvalue weighted by Gasteiger charge is 2.14. The van der Waals surface area contributed by atoms with Crippen molar-refractivity contribution in [1.82, 2.24) is 16.0 Å². The van der Waals surface area contributed by atoms with Crippen LogP contribution in [0.15, 0.2) is 59.6 Å². The third-order valence-electron chi connectivity index (χ3n) is 5.16. The monoisotopic (exact) mass is 521 g/mol. The van der Waals surface area contributed by atoms with Crippen molar-refractivity contribution in [2.45, 2.75) is 25.8 Å². The Labute approximate surface area is 196 Å². The van der Waals surface area contributed by atoms with Crippen molar-refractivity contribution in [2.75, 3.05) is 38.1 Å². The molecule has 3 rings (SSSR count). The van der Waals surface area contributed by atoms with Crippen LogP contribution in [0.3, 0.4) is 0 Å². The highest BCUT2D eigenvalue weighted by atomic mass is 127. The second-order valence-corrected chi connectivity index (χ2v) is 7.28. The molecule has 0 bridgehead atoms. The van der Waals surface area contributed by atoms with Crippen LogP contribution in [-0.2, 0) is 0 Å². The van der Waals surface area contributed by atoms with Crippen molar-refractivity contribution < 1.29 is 4.79 Å². The number of carbonyl (C=O) groups excluding carboxylic acids is 1. The van der Waals surface area contributed by atoms with E-state index in [0.29, 0.717) is 18.7 Å². The Morgan fingerprint density at radius 1 is 1.03 bits per heavy atom. The van der Waals surface area contributed by atoms with Crippen LogP contribution < -0.4 is 20.9 Å². The van der Waals surface area contributed by atoms with E-state index in [9.17, 15) is 4.79 Å². The predicted molar refractivity (Wildman–Crippen MR) is 135 cm³/mol. The van der Waals surface area contributed by atoms with E-state index < -0.39 is 0 Å². The molecule has 0 aliphatic carbocycles. The second kappa shape index (κ2) is 12.4. The van der Waals surface area contributed by atoms with Crippen LogP contribution in [0.2, 0.25) is 0 Å². The zero-order chi connectivity index (χ0) is 20.5. The summed E-state index contributed by atoms with van der Waals surface area (Å²) in [6.45, 7) is 5.53. The van der Waals surface area contributed by atoms with Crippen LogP contribution >= 0.6 is 24.0 Å². The van der Waals surface area contributed by atoms with E-state index in [1.165, 1.54) is 24.1 Å². The summed E-state index contributed by atoms with van der Waals surface area (Å²) in [6.07, 6.45) is 2.55. The number of anilines is 1. The molecule has 1 unspecified atom stereocenters. The van der Waals surface area contributed by atoms with Crippen molar-refractivity contribution in [2.24, 2.45) is 4.99 Å². The van der Waals surface area contributed by atoms with Gasteiger partial charge < -0.3 is 20.9 Å². The minimum absolute atomic E-state index is 0. The topological polar surface area (TPSA) is 68.8 Å². The Morgan fingerprint density at radius 3 is 2.43 bits per heavy atom. The summed E-state index contributed by atoms with van der Waals surface area (Å²) in [4.78, 5) is 18.8. The quantitative estimate of drug-likeness (QED) is 0.226. The standard InChI is InChI=1S/C23H31N5O.HI/c1-18(20-11-8-12-21(17-20)28-15-6-7-16-28)27-23(24-2)26-14-13-25-22(29)19-9-4-3-5-10-19;/h3-5,8-12,17-18H,6-7,13-16H2,1-2H3,(H,25,29)(H2,24,26,27);1H. The van der Waals surface area contributed by atoms with Gasteiger partial charge in [-0.25, -0.2) is 0 Å². The number of benzene rings is 2. The molecule has 0 aromatic heterocycles. The molecule has 1 aliphatic heterocycles. The van der Waals surface area contributed by atoms with Crippen LogP contribution in [0.1, 0.15) is 41.7 Å². The first-order chi connectivity index (χ1) is 14.2. The Hall–Kier alpha value is -2.29. The van der Waals surface area contributed by atoms with Crippen LogP contribution in [0.25, 0.3) is 0 Å². The number of hydrogen-bond acceptors (Lipinski definition) is 3. The van der Waals surface area contributed by atoms with Crippen molar-refractivity contribution in [3.8, 4) is 0 Å². The summed E-state index contributed by atoms with van der Waals surface area (Å²) in [7, 11) is 1.76. The number of hydrogen-bond donors (Lipinski definition) is 3. The molecule has 1 aliphatic rings. The first-order valence-corrected chi connectivity index (χ1v) is 10.3. The zero-order valence-electron chi connectivity index (χ0n) is 17.7. The molecule has 0 radical (unpaired) electrons. The minimum atomic E-state index is -0.0672. The summed E-state index contributed by atoms with van der Waals surface area (Å²) < 4.78 is 0. The molecule has 1 saturated heterocycles. The maximum Gasteiger partial charge on any atom is 0.251 e. The molecule has 3 N–H and O–H groups in total. The molecular weight excluding hydrogens is 489 g/mol. The van der Waals surface area contributed by atoms with Crippen LogP contribution in [0.4, 0.5) is 5.69 Å². The summed E-state index contributed by atoms with van der Waals surface area (Å²) in [6, 6.07) is 18.1. The highest BCUT2D eigenvalue weighted by molar-refractivity contribution is 14.0. The lowest BCUT2D eigenvalue weighted by Gasteiger charge is -2.22. The van der Waals surface area contributed by atoms with Crippen molar-refractivity contribution in [3.63, 3.8) is 0 Å². The van der Waals surface area contributed by atoms with Gasteiger partial charge in [-0.2, -0.15) is 0 Å². The Kier molecular flexibility index (Phi) is 9.93. The summed E-state index contributed by atoms with van der Waals surface area (Å²) in [5.41, 5.74) is 3.19. The molecule has 162 valence electrons. The van der Waals surface area contributed by atoms with Gasteiger partial charge in [0.2, 0.25) is 0 Å². The normalized spacial score (nSPS) is 14.6. The third-order valence-corrected chi connectivity index (χ3v) is 5.16. The number of halogens is 1. The first kappa shape index (κ1) is 24.0. The summed E-state index contributed by atoms with van der Waals surface area (Å²) >= 11 is 0. The van der Waals surface area contributed by atoms with Crippen LogP contribution in [0, 0.1) is 0 Å². The molecule has 1 amide bonds. The molecular formula is C23H32IN5O. The van der Waals surface area contributed by atoms with Gasteiger partial charge in [-0.05, 0) is 49.6 Å². The molecule has 6 nitrogen and oxygen atoms in total. The number of guanidine groups is 1. The molecule has 2 aromatic carbocycles. The average Bonchev–Trinajstić information content (AvgIpc) is 3.31. The Bertz CT molecular complexity index is 821. The van der Waals surface area contributed by atoms with Gasteiger partial charge in [-0.1, -0.05) is 30.3 Å². The van der Waals surface area contributed by atoms with Gasteiger partial charge in [0.15, 0.2) is 5.96 Å². The molecule has 0 spiro atoms. The lowest BCUT2D eigenvalue weighted by Crippen LogP contribution is -2.42. The van der Waals surface area contributed by atoms with Gasteiger partial charge in [-0.15, -0.1) is 24.0 Å². The second-order valence-electron chi connectivity index (χ2n) is 7.28. The van der Waals surface area contributed by atoms with Gasteiger partial charge in [0.05, 0.1) is 6.04 Å². The predicted octanol–water partition coefficient (Wildman–Crippen LogP) is 3.56. The minimum Gasteiger partial charge on any atom is -0.372 e. The fourth-order valence-electron chi connectivity index (χ4n) is 3.50. The lowest BCUT2D eigenvalue weighted by molar-refractivity contribution is 0.0954. The van der Waals surface area contributed by atoms with Crippen LogP contribution in [0.5, 0.6) is 0 Å². The average molecular weight is 521 g/mol. The highest BCUT2D eigenvalue weighted by Crippen LogP contribution is 2.23. The molecule has 2 aromatic rings. The van der Waals surface area contributed by atoms with E-state index in [2.05, 4.69) is 57.0 Å². The van der Waals surface area contributed by atoms with Crippen molar-refractivity contribution >= 4 is 41.5 Å². The third kappa shape index (κ3) is 6.90. The number of nitrogens with zero attached hydrogens (tertiary/aromatic N) is 2. The maximum atomic E-state index is 12.1. The number of rotatable bonds is 7. The summed E-state index contributed by atoms with van der Waals surface area (Å²) in [5, 5.41) is 9.60. The van der Waals surface area contributed by atoms with Gasteiger partial charge in [0.1, 0.15) is 0 Å². The van der Waals surface area contributed by atoms with E-state index in [1.807, 2.05) is 18.2 Å². The van der Waals surface area contributed by atoms with Crippen molar-refractivity contribution in [1.29, 1.82) is 0 Å². The van der Waals surface area contributed by atoms with Gasteiger partial charge in [0.25, 0.3) is 5.91 Å². The largest absolute Gasteiger partial charge is 0.372 e. The van der Waals surface area contributed by atoms with Crippen LogP contribution in [-0.4, -0.2) is 45.1 Å². The van der Waals surface area contributed by atoms with E-state index in [4.69, 9.17) is 0 Å². The molecule has 1 fully saturated rings. The number of aliphatic imine (C=N–C) groups is 1. The smallest absolute Gasteiger partial charge is 0.251 e. The van der Waals surface area contributed by atoms with E-state index in [1.54, 1.807) is 19.2 Å². The van der Waals surface area contributed by atoms with Gasteiger partial charge in [0, 0.05) is 44.5 Å². The fraction of sp³-hybridized carbons (Fsp3) is 0.391. The van der Waals surface area contributed by atoms with Crippen molar-refractivity contribution in [3.05, 3.63) is 65.7 Å². The molecule has 0 saturated carbocycles.